The summed E-state index contributed by atoms with van der Waals surface area (Å²) in [6, 6.07) is 0. The summed E-state index contributed by atoms with van der Waals surface area (Å²) in [5.74, 6) is 0. The quantitative estimate of drug-likeness (QED) is 0.390. The predicted molar refractivity (Wildman–Crippen MR) is 73.9 cm³/mol. The molecule has 0 aromatic rings. The summed E-state index contributed by atoms with van der Waals surface area (Å²) in [6.45, 7) is 14.1. The van der Waals surface area contributed by atoms with Gasteiger partial charge in [-0.25, -0.2) is 12.2 Å². The fourth-order valence-corrected chi connectivity index (χ4v) is 5.71. The molecule has 0 unspecified atom stereocenters. The molecule has 0 nitrogen and oxygen atoms in total. The Balaban J connectivity index is 0. The van der Waals surface area contributed by atoms with E-state index in [9.17, 15) is 0 Å². The van der Waals surface area contributed by atoms with E-state index in [2.05, 4.69) is 53.7 Å². The molecule has 0 saturated carbocycles. The van der Waals surface area contributed by atoms with Gasteiger partial charge in [-0.05, 0) is 17.0 Å². The Morgan fingerprint density at radius 3 is 1.44 bits per heavy atom. The minimum Gasteiger partial charge on any atom is -0.273 e. The van der Waals surface area contributed by atoms with Crippen LogP contribution in [-0.4, -0.2) is 17.0 Å². The number of allylic oxidation sites excluding steroid dienone is 4. The van der Waals surface area contributed by atoms with Gasteiger partial charge in [0.15, 0.2) is 0 Å². The number of rotatable bonds is 3. The van der Waals surface area contributed by atoms with Gasteiger partial charge in [-0.15, -0.1) is 6.42 Å². The first kappa shape index (κ1) is 18.8. The largest absolute Gasteiger partial charge is 1.00 e. The van der Waals surface area contributed by atoms with Crippen LogP contribution in [0.15, 0.2) is 18.2 Å². The van der Waals surface area contributed by atoms with Gasteiger partial charge >= 0.3 is 17.1 Å². The standard InChI is InChI=1S/C9H21P.C5H5.Cu/c1-7(2)10(8(3)4)9(5)6;1-2-4-5-3-1;/h7-9H,1-6H3;1-3H,4H2;/q;-1;+1. The van der Waals surface area contributed by atoms with Crippen molar-refractivity contribution in [1.82, 2.24) is 0 Å². The first-order valence-corrected chi connectivity index (χ1v) is 7.51. The summed E-state index contributed by atoms with van der Waals surface area (Å²) in [5, 5.41) is 0. The van der Waals surface area contributed by atoms with E-state index in [0.717, 1.165) is 23.4 Å². The molecule has 0 spiro atoms. The van der Waals surface area contributed by atoms with Gasteiger partial charge in [-0.3, -0.25) is 6.08 Å². The molecular weight excluding hydrogens is 263 g/mol. The van der Waals surface area contributed by atoms with Crippen molar-refractivity contribution in [3.8, 4) is 0 Å². The van der Waals surface area contributed by atoms with Gasteiger partial charge < -0.3 is 0 Å². The van der Waals surface area contributed by atoms with Crippen LogP contribution >= 0.6 is 7.92 Å². The first-order valence-electron chi connectivity index (χ1n) is 5.96. The van der Waals surface area contributed by atoms with Crippen molar-refractivity contribution >= 4 is 7.92 Å². The number of hydrogen-bond acceptors (Lipinski definition) is 0. The molecule has 0 aromatic heterocycles. The van der Waals surface area contributed by atoms with Gasteiger partial charge in [0.1, 0.15) is 0 Å². The Bertz CT molecular complexity index is 176. The summed E-state index contributed by atoms with van der Waals surface area (Å²) in [5.41, 5.74) is 2.69. The second kappa shape index (κ2) is 10.6. The second-order valence-electron chi connectivity index (χ2n) is 4.73. The van der Waals surface area contributed by atoms with Gasteiger partial charge in [0.2, 0.25) is 0 Å². The average Bonchev–Trinajstić information content (AvgIpc) is 2.56. The van der Waals surface area contributed by atoms with Gasteiger partial charge in [0, 0.05) is 0 Å². The Kier molecular flexibility index (Phi) is 12.4. The summed E-state index contributed by atoms with van der Waals surface area (Å²) >= 11 is 0. The van der Waals surface area contributed by atoms with Crippen LogP contribution in [0.1, 0.15) is 48.0 Å². The molecule has 0 aromatic carbocycles. The minimum absolute atomic E-state index is 0. The third-order valence-corrected chi connectivity index (χ3v) is 5.95. The van der Waals surface area contributed by atoms with Gasteiger partial charge in [-0.1, -0.05) is 49.5 Å². The average molecular weight is 289 g/mol. The third kappa shape index (κ3) is 8.57. The van der Waals surface area contributed by atoms with E-state index in [0.29, 0.717) is 0 Å². The fourth-order valence-electron chi connectivity index (χ4n) is 2.13. The van der Waals surface area contributed by atoms with Gasteiger partial charge in [0.05, 0.1) is 0 Å². The maximum absolute atomic E-state index is 2.99. The molecular formula is C14H26CuP. The molecule has 0 amide bonds. The van der Waals surface area contributed by atoms with E-state index in [-0.39, 0.29) is 25.0 Å². The molecule has 0 saturated heterocycles. The van der Waals surface area contributed by atoms with Crippen molar-refractivity contribution in [2.45, 2.75) is 64.9 Å². The SMILES string of the molecule is CC(C)P(C(C)C)C(C)C.[C-]1=CC=CC1.[Cu+]. The van der Waals surface area contributed by atoms with Crippen molar-refractivity contribution in [3.63, 3.8) is 0 Å². The second-order valence-corrected chi connectivity index (χ2v) is 8.72. The molecule has 0 radical (unpaired) electrons. The van der Waals surface area contributed by atoms with Crippen LogP contribution < -0.4 is 0 Å². The molecule has 2 heteroatoms. The Morgan fingerprint density at radius 1 is 0.938 bits per heavy atom. The zero-order valence-corrected chi connectivity index (χ0v) is 13.3. The monoisotopic (exact) mass is 288 g/mol. The van der Waals surface area contributed by atoms with E-state index in [1.54, 1.807) is 0 Å². The molecule has 1 aliphatic carbocycles. The third-order valence-electron chi connectivity index (χ3n) is 2.37. The summed E-state index contributed by atoms with van der Waals surface area (Å²) < 4.78 is 0. The van der Waals surface area contributed by atoms with Crippen LogP contribution in [0.25, 0.3) is 0 Å². The molecule has 0 heterocycles. The number of hydrogen-bond donors (Lipinski definition) is 0. The van der Waals surface area contributed by atoms with Crippen molar-refractivity contribution < 1.29 is 17.1 Å². The van der Waals surface area contributed by atoms with Crippen molar-refractivity contribution in [2.75, 3.05) is 0 Å². The van der Waals surface area contributed by atoms with Crippen LogP contribution in [0.4, 0.5) is 0 Å². The zero-order chi connectivity index (χ0) is 11.8. The van der Waals surface area contributed by atoms with Gasteiger partial charge in [-0.2, -0.15) is 6.08 Å². The molecule has 0 N–H and O–H groups in total. The Hall–Kier alpha value is 0.429. The Morgan fingerprint density at radius 2 is 1.38 bits per heavy atom. The summed E-state index contributed by atoms with van der Waals surface area (Å²) in [7, 11) is 0.262. The molecule has 98 valence electrons. The van der Waals surface area contributed by atoms with Gasteiger partial charge in [0.25, 0.3) is 0 Å². The van der Waals surface area contributed by atoms with Crippen LogP contribution in [0.5, 0.6) is 0 Å². The molecule has 1 rings (SSSR count). The fraction of sp³-hybridized carbons (Fsp3) is 0.714. The normalized spacial score (nSPS) is 13.4. The molecule has 0 aliphatic heterocycles. The van der Waals surface area contributed by atoms with E-state index in [1.165, 1.54) is 0 Å². The molecule has 16 heavy (non-hydrogen) atoms. The smallest absolute Gasteiger partial charge is 0.273 e. The van der Waals surface area contributed by atoms with Crippen molar-refractivity contribution in [3.05, 3.63) is 24.3 Å². The van der Waals surface area contributed by atoms with E-state index < -0.39 is 0 Å². The van der Waals surface area contributed by atoms with E-state index in [4.69, 9.17) is 0 Å². The predicted octanol–water partition coefficient (Wildman–Crippen LogP) is 5.00. The molecule has 0 bridgehead atoms. The minimum atomic E-state index is 0. The van der Waals surface area contributed by atoms with Crippen molar-refractivity contribution in [2.24, 2.45) is 0 Å². The molecule has 0 atom stereocenters. The molecule has 0 fully saturated rings. The molecule has 1 aliphatic rings. The van der Waals surface area contributed by atoms with Crippen LogP contribution in [0.3, 0.4) is 0 Å². The topological polar surface area (TPSA) is 0 Å². The Labute approximate surface area is 114 Å². The van der Waals surface area contributed by atoms with Crippen LogP contribution in [0, 0.1) is 6.08 Å². The summed E-state index contributed by atoms with van der Waals surface area (Å²) in [6.07, 6.45) is 10.0. The maximum Gasteiger partial charge on any atom is 1.00 e. The first-order chi connectivity index (χ1) is 6.96. The maximum atomic E-state index is 2.99. The zero-order valence-electron chi connectivity index (χ0n) is 11.4. The van der Waals surface area contributed by atoms with E-state index in [1.807, 2.05) is 12.2 Å². The van der Waals surface area contributed by atoms with Crippen LogP contribution in [-0.2, 0) is 17.1 Å². The summed E-state index contributed by atoms with van der Waals surface area (Å²) in [4.78, 5) is 0. The van der Waals surface area contributed by atoms with Crippen molar-refractivity contribution in [1.29, 1.82) is 0 Å². The van der Waals surface area contributed by atoms with E-state index >= 15 is 0 Å². The van der Waals surface area contributed by atoms with Crippen LogP contribution in [0.2, 0.25) is 0 Å².